The van der Waals surface area contributed by atoms with Crippen molar-refractivity contribution < 1.29 is 4.79 Å². The normalized spacial score (nSPS) is 12.0. The lowest BCUT2D eigenvalue weighted by Crippen LogP contribution is -2.28. The van der Waals surface area contributed by atoms with E-state index >= 15 is 0 Å². The second-order valence-electron chi connectivity index (χ2n) is 6.68. The van der Waals surface area contributed by atoms with Gasteiger partial charge in [0.1, 0.15) is 0 Å². The molecule has 3 rings (SSSR count). The molecule has 1 heterocycles. The van der Waals surface area contributed by atoms with Crippen LogP contribution in [0.4, 0.5) is 0 Å². The van der Waals surface area contributed by atoms with E-state index in [0.717, 1.165) is 10.9 Å². The van der Waals surface area contributed by atoms with E-state index in [-0.39, 0.29) is 11.9 Å². The Labute approximate surface area is 184 Å². The third kappa shape index (κ3) is 5.32. The molecule has 1 aromatic heterocycles. The van der Waals surface area contributed by atoms with Gasteiger partial charge in [0.05, 0.1) is 16.1 Å². The van der Waals surface area contributed by atoms with Gasteiger partial charge in [-0.15, -0.1) is 10.2 Å². The van der Waals surface area contributed by atoms with Crippen molar-refractivity contribution in [2.75, 3.05) is 0 Å². The summed E-state index contributed by atoms with van der Waals surface area (Å²) in [4.78, 5) is 12.6. The molecule has 0 saturated carbocycles. The maximum absolute atomic E-state index is 12.6. The zero-order valence-corrected chi connectivity index (χ0v) is 18.8. The lowest BCUT2D eigenvalue weighted by Gasteiger charge is -2.15. The number of aromatic nitrogens is 3. The highest BCUT2D eigenvalue weighted by molar-refractivity contribution is 7.98. The van der Waals surface area contributed by atoms with Gasteiger partial charge in [-0.05, 0) is 44.5 Å². The van der Waals surface area contributed by atoms with Crippen LogP contribution in [0, 0.1) is 6.92 Å². The Bertz CT molecular complexity index is 1000. The van der Waals surface area contributed by atoms with Crippen LogP contribution < -0.4 is 5.32 Å². The Balaban J connectivity index is 1.70. The molecule has 8 heteroatoms. The van der Waals surface area contributed by atoms with Crippen molar-refractivity contribution in [2.24, 2.45) is 0 Å². The number of benzene rings is 2. The average molecular weight is 449 g/mol. The first kappa shape index (κ1) is 21.7. The molecule has 152 valence electrons. The molecule has 0 saturated heterocycles. The fourth-order valence-electron chi connectivity index (χ4n) is 2.84. The molecular formula is C21H22Cl2N4OS. The van der Waals surface area contributed by atoms with E-state index < -0.39 is 0 Å². The van der Waals surface area contributed by atoms with E-state index in [1.165, 1.54) is 11.1 Å². The predicted octanol–water partition coefficient (Wildman–Crippen LogP) is 5.70. The molecule has 0 radical (unpaired) electrons. The van der Waals surface area contributed by atoms with E-state index in [2.05, 4.69) is 46.7 Å². The highest BCUT2D eigenvalue weighted by Crippen LogP contribution is 2.25. The molecule has 0 aliphatic carbocycles. The van der Waals surface area contributed by atoms with Crippen LogP contribution in [0.3, 0.4) is 0 Å². The van der Waals surface area contributed by atoms with Gasteiger partial charge in [0.25, 0.3) is 5.91 Å². The largest absolute Gasteiger partial charge is 0.342 e. The van der Waals surface area contributed by atoms with Crippen LogP contribution >= 0.6 is 35.0 Å². The summed E-state index contributed by atoms with van der Waals surface area (Å²) < 4.78 is 2.03. The summed E-state index contributed by atoms with van der Waals surface area (Å²) in [5, 5.41) is 13.2. The van der Waals surface area contributed by atoms with Crippen LogP contribution in [-0.4, -0.2) is 20.7 Å². The number of rotatable bonds is 7. The Kier molecular flexibility index (Phi) is 7.22. The molecule has 1 amide bonds. The quantitative estimate of drug-likeness (QED) is 0.471. The summed E-state index contributed by atoms with van der Waals surface area (Å²) in [5.41, 5.74) is 2.92. The topological polar surface area (TPSA) is 59.8 Å². The number of halogens is 2. The Morgan fingerprint density at radius 1 is 1.14 bits per heavy atom. The van der Waals surface area contributed by atoms with Gasteiger partial charge in [-0.25, -0.2) is 0 Å². The molecule has 2 aromatic carbocycles. The molecular weight excluding hydrogens is 427 g/mol. The van der Waals surface area contributed by atoms with Gasteiger partial charge in [0.2, 0.25) is 0 Å². The summed E-state index contributed by atoms with van der Waals surface area (Å²) in [6.45, 7) is 6.71. The maximum atomic E-state index is 12.6. The lowest BCUT2D eigenvalue weighted by atomic mass is 10.2. The first-order chi connectivity index (χ1) is 13.9. The summed E-state index contributed by atoms with van der Waals surface area (Å²) in [7, 11) is 0. The number of amides is 1. The van der Waals surface area contributed by atoms with Gasteiger partial charge in [-0.2, -0.15) is 0 Å². The van der Waals surface area contributed by atoms with Gasteiger partial charge >= 0.3 is 0 Å². The van der Waals surface area contributed by atoms with Crippen molar-refractivity contribution in [3.8, 4) is 0 Å². The van der Waals surface area contributed by atoms with Crippen LogP contribution in [-0.2, 0) is 12.3 Å². The third-order valence-electron chi connectivity index (χ3n) is 4.47. The smallest absolute Gasteiger partial charge is 0.251 e. The summed E-state index contributed by atoms with van der Waals surface area (Å²) in [6, 6.07) is 12.9. The highest BCUT2D eigenvalue weighted by atomic mass is 35.5. The van der Waals surface area contributed by atoms with Crippen LogP contribution in [0.15, 0.2) is 47.6 Å². The average Bonchev–Trinajstić information content (AvgIpc) is 3.12. The van der Waals surface area contributed by atoms with E-state index in [1.807, 2.05) is 18.4 Å². The minimum atomic E-state index is -0.307. The molecule has 0 bridgehead atoms. The van der Waals surface area contributed by atoms with Crippen molar-refractivity contribution in [3.05, 3.63) is 75.0 Å². The Morgan fingerprint density at radius 2 is 1.86 bits per heavy atom. The first-order valence-corrected chi connectivity index (χ1v) is 11.0. The second kappa shape index (κ2) is 9.65. The number of thioether (sulfide) groups is 1. The zero-order valence-electron chi connectivity index (χ0n) is 16.4. The van der Waals surface area contributed by atoms with Crippen molar-refractivity contribution in [1.29, 1.82) is 0 Å². The third-order valence-corrected chi connectivity index (χ3v) is 6.24. The zero-order chi connectivity index (χ0) is 21.0. The first-order valence-electron chi connectivity index (χ1n) is 9.26. The van der Waals surface area contributed by atoms with Gasteiger partial charge in [0.15, 0.2) is 11.0 Å². The molecule has 29 heavy (non-hydrogen) atoms. The number of nitrogens with zero attached hydrogens (tertiary/aromatic N) is 3. The number of aryl methyl sites for hydroxylation is 1. The summed E-state index contributed by atoms with van der Waals surface area (Å²) in [6.07, 6.45) is 0. The van der Waals surface area contributed by atoms with Gasteiger partial charge in [-0.1, -0.05) is 64.8 Å². The Hall–Kier alpha value is -2.02. The molecule has 5 nitrogen and oxygen atoms in total. The van der Waals surface area contributed by atoms with Gasteiger partial charge in [0, 0.05) is 17.9 Å². The second-order valence-corrected chi connectivity index (χ2v) is 8.44. The van der Waals surface area contributed by atoms with Gasteiger partial charge in [-0.3, -0.25) is 4.79 Å². The van der Waals surface area contributed by atoms with E-state index in [9.17, 15) is 4.79 Å². The van der Waals surface area contributed by atoms with E-state index in [4.69, 9.17) is 23.2 Å². The lowest BCUT2D eigenvalue weighted by molar-refractivity contribution is 0.0937. The minimum absolute atomic E-state index is 0.240. The van der Waals surface area contributed by atoms with Gasteiger partial charge < -0.3 is 9.88 Å². The molecule has 0 aliphatic heterocycles. The fourth-order valence-corrected chi connectivity index (χ4v) is 4.10. The summed E-state index contributed by atoms with van der Waals surface area (Å²) in [5.74, 6) is 1.28. The number of hydrogen-bond donors (Lipinski definition) is 1. The van der Waals surface area contributed by atoms with Crippen molar-refractivity contribution >= 4 is 40.9 Å². The maximum Gasteiger partial charge on any atom is 0.251 e. The molecule has 1 N–H and O–H groups in total. The molecule has 0 fully saturated rings. The number of hydrogen-bond acceptors (Lipinski definition) is 4. The molecule has 0 unspecified atom stereocenters. The van der Waals surface area contributed by atoms with Crippen LogP contribution in [0.1, 0.15) is 47.2 Å². The highest BCUT2D eigenvalue weighted by Gasteiger charge is 2.20. The van der Waals surface area contributed by atoms with E-state index in [1.54, 1.807) is 30.0 Å². The Morgan fingerprint density at radius 3 is 2.52 bits per heavy atom. The monoisotopic (exact) mass is 448 g/mol. The van der Waals surface area contributed by atoms with Crippen molar-refractivity contribution in [1.82, 2.24) is 20.1 Å². The van der Waals surface area contributed by atoms with Crippen LogP contribution in [0.5, 0.6) is 0 Å². The SMILES string of the molecule is CCn1c(SCc2ccc(C)cc2)nnc1[C@H](C)NC(=O)c1ccc(Cl)c(Cl)c1. The van der Waals surface area contributed by atoms with Crippen molar-refractivity contribution in [3.63, 3.8) is 0 Å². The predicted molar refractivity (Wildman–Crippen MR) is 119 cm³/mol. The molecule has 0 spiro atoms. The van der Waals surface area contributed by atoms with Crippen LogP contribution in [0.2, 0.25) is 10.0 Å². The summed E-state index contributed by atoms with van der Waals surface area (Å²) >= 11 is 13.6. The fraction of sp³-hybridized carbons (Fsp3) is 0.286. The van der Waals surface area contributed by atoms with Crippen molar-refractivity contribution in [2.45, 2.75) is 44.3 Å². The van der Waals surface area contributed by atoms with E-state index in [0.29, 0.717) is 28.0 Å². The number of carbonyl (C=O) groups is 1. The van der Waals surface area contributed by atoms with Crippen LogP contribution in [0.25, 0.3) is 0 Å². The number of carbonyl (C=O) groups excluding carboxylic acids is 1. The molecule has 0 aliphatic rings. The number of nitrogens with one attached hydrogen (secondary N) is 1. The minimum Gasteiger partial charge on any atom is -0.342 e. The molecule has 1 atom stereocenters. The molecule has 3 aromatic rings. The standard InChI is InChI=1S/C21H22Cl2N4OS/c1-4-27-19(14(3)24-20(28)16-9-10-17(22)18(23)11-16)25-26-21(27)29-12-15-7-5-13(2)6-8-15/h5-11,14H,4,12H2,1-3H3,(H,24,28)/t14-/m0/s1.